The molecule has 6 nitrogen and oxygen atoms in total. The van der Waals surface area contributed by atoms with E-state index in [0.29, 0.717) is 16.3 Å². The van der Waals surface area contributed by atoms with Gasteiger partial charge in [0.2, 0.25) is 0 Å². The van der Waals surface area contributed by atoms with Crippen LogP contribution in [-0.2, 0) is 10.0 Å². The van der Waals surface area contributed by atoms with Crippen molar-refractivity contribution in [3.05, 3.63) is 52.9 Å². The highest BCUT2D eigenvalue weighted by Gasteiger charge is 2.23. The third kappa shape index (κ3) is 4.23. The first-order chi connectivity index (χ1) is 13.6. The van der Waals surface area contributed by atoms with E-state index in [0.717, 1.165) is 15.6 Å². The maximum atomic E-state index is 13.1. The molecular formula is C21H24N2O4S2. The molecule has 8 heteroatoms. The van der Waals surface area contributed by atoms with E-state index in [9.17, 15) is 13.2 Å². The highest BCUT2D eigenvalue weighted by Crippen LogP contribution is 2.32. The summed E-state index contributed by atoms with van der Waals surface area (Å²) in [6, 6.07) is 12.0. The Labute approximate surface area is 175 Å². The van der Waals surface area contributed by atoms with Gasteiger partial charge in [-0.3, -0.25) is 9.10 Å². The molecule has 1 aromatic heterocycles. The summed E-state index contributed by atoms with van der Waals surface area (Å²) in [4.78, 5) is 13.0. The lowest BCUT2D eigenvalue weighted by Gasteiger charge is -2.20. The average Bonchev–Trinajstić information content (AvgIpc) is 3.10. The predicted octanol–water partition coefficient (Wildman–Crippen LogP) is 4.18. The normalized spacial score (nSPS) is 11.7. The number of thiophene rings is 1. The molecule has 3 aromatic rings. The maximum absolute atomic E-state index is 13.1. The number of methoxy groups -OCH3 is 1. The van der Waals surface area contributed by atoms with Crippen LogP contribution in [0.5, 0.6) is 5.75 Å². The van der Waals surface area contributed by atoms with Gasteiger partial charge in [0, 0.05) is 17.8 Å². The monoisotopic (exact) mass is 432 g/mol. The first-order valence-corrected chi connectivity index (χ1v) is 11.4. The third-order valence-corrected chi connectivity index (χ3v) is 7.43. The van der Waals surface area contributed by atoms with E-state index in [-0.39, 0.29) is 16.8 Å². The molecule has 29 heavy (non-hydrogen) atoms. The van der Waals surface area contributed by atoms with Crippen molar-refractivity contribution in [1.29, 1.82) is 0 Å². The Kier molecular flexibility index (Phi) is 5.86. The molecule has 0 aliphatic rings. The van der Waals surface area contributed by atoms with Crippen LogP contribution in [0.15, 0.2) is 47.4 Å². The number of hydrogen-bond acceptors (Lipinski definition) is 5. The Morgan fingerprint density at radius 3 is 2.48 bits per heavy atom. The molecule has 0 atom stereocenters. The van der Waals surface area contributed by atoms with Crippen molar-refractivity contribution in [1.82, 2.24) is 5.32 Å². The maximum Gasteiger partial charge on any atom is 0.264 e. The second kappa shape index (κ2) is 8.04. The second-order valence-corrected chi connectivity index (χ2v) is 10.1. The molecule has 1 heterocycles. The van der Waals surface area contributed by atoms with Crippen LogP contribution < -0.4 is 14.4 Å². The number of amides is 1. The molecule has 0 aliphatic carbocycles. The highest BCUT2D eigenvalue weighted by molar-refractivity contribution is 7.92. The van der Waals surface area contributed by atoms with Crippen molar-refractivity contribution in [2.75, 3.05) is 18.5 Å². The summed E-state index contributed by atoms with van der Waals surface area (Å²) in [5, 5.41) is 3.70. The topological polar surface area (TPSA) is 75.7 Å². The number of carbonyl (C=O) groups is 1. The Bertz CT molecular complexity index is 1170. The quantitative estimate of drug-likeness (QED) is 0.634. The Morgan fingerprint density at radius 2 is 1.86 bits per heavy atom. The predicted molar refractivity (Wildman–Crippen MR) is 118 cm³/mol. The lowest BCUT2D eigenvalue weighted by Crippen LogP contribution is -2.29. The smallest absolute Gasteiger partial charge is 0.264 e. The lowest BCUT2D eigenvalue weighted by atomic mass is 10.2. The average molecular weight is 433 g/mol. The van der Waals surface area contributed by atoms with E-state index in [2.05, 4.69) is 5.32 Å². The van der Waals surface area contributed by atoms with Crippen LogP contribution in [0.1, 0.15) is 29.1 Å². The summed E-state index contributed by atoms with van der Waals surface area (Å²) < 4.78 is 33.5. The van der Waals surface area contributed by atoms with E-state index in [1.54, 1.807) is 44.4 Å². The number of nitrogens with one attached hydrogen (secondary N) is 1. The number of ether oxygens (including phenoxy) is 1. The summed E-state index contributed by atoms with van der Waals surface area (Å²) in [7, 11) is -0.659. The van der Waals surface area contributed by atoms with Crippen molar-refractivity contribution < 1.29 is 17.9 Å². The van der Waals surface area contributed by atoms with Gasteiger partial charge in [-0.25, -0.2) is 8.42 Å². The number of aryl methyl sites for hydroxylation is 1. The Balaban J connectivity index is 1.94. The van der Waals surface area contributed by atoms with Crippen molar-refractivity contribution in [3.8, 4) is 5.75 Å². The molecule has 0 fully saturated rings. The molecule has 1 N–H and O–H groups in total. The van der Waals surface area contributed by atoms with Crippen LogP contribution in [0.3, 0.4) is 0 Å². The summed E-state index contributed by atoms with van der Waals surface area (Å²) in [5.41, 5.74) is 1.27. The molecule has 0 radical (unpaired) electrons. The zero-order chi connectivity index (χ0) is 21.3. The van der Waals surface area contributed by atoms with Crippen LogP contribution >= 0.6 is 11.3 Å². The van der Waals surface area contributed by atoms with Gasteiger partial charge in [0.15, 0.2) is 0 Å². The molecule has 0 saturated carbocycles. The highest BCUT2D eigenvalue weighted by atomic mass is 32.2. The fourth-order valence-corrected chi connectivity index (χ4v) is 5.20. The van der Waals surface area contributed by atoms with Gasteiger partial charge in [-0.2, -0.15) is 0 Å². The van der Waals surface area contributed by atoms with Gasteiger partial charge in [0.05, 0.1) is 22.6 Å². The van der Waals surface area contributed by atoms with Gasteiger partial charge in [-0.1, -0.05) is 0 Å². The Hall–Kier alpha value is -2.58. The number of anilines is 1. The zero-order valence-corrected chi connectivity index (χ0v) is 18.6. The van der Waals surface area contributed by atoms with Crippen molar-refractivity contribution in [2.45, 2.75) is 31.7 Å². The molecule has 0 aliphatic heterocycles. The first-order valence-electron chi connectivity index (χ1n) is 9.11. The number of rotatable bonds is 6. The van der Waals surface area contributed by atoms with Crippen molar-refractivity contribution >= 4 is 43.0 Å². The SMILES string of the molecule is COc1ccc(S(=O)(=O)N(C)c2ccc3sc(C(=O)NC(C)C)cc3c2)cc1C. The molecule has 0 unspecified atom stereocenters. The van der Waals surface area contributed by atoms with E-state index >= 15 is 0 Å². The summed E-state index contributed by atoms with van der Waals surface area (Å²) >= 11 is 1.38. The fraction of sp³-hybridized carbons (Fsp3) is 0.286. The molecule has 154 valence electrons. The van der Waals surface area contributed by atoms with Crippen LogP contribution in [0, 0.1) is 6.92 Å². The minimum Gasteiger partial charge on any atom is -0.496 e. The van der Waals surface area contributed by atoms with Gasteiger partial charge in [0.25, 0.3) is 15.9 Å². The van der Waals surface area contributed by atoms with Gasteiger partial charge < -0.3 is 10.1 Å². The Morgan fingerprint density at radius 1 is 1.14 bits per heavy atom. The minimum atomic E-state index is -3.73. The van der Waals surface area contributed by atoms with Gasteiger partial charge in [-0.05, 0) is 74.2 Å². The van der Waals surface area contributed by atoms with Crippen molar-refractivity contribution in [3.63, 3.8) is 0 Å². The summed E-state index contributed by atoms with van der Waals surface area (Å²) in [6.45, 7) is 5.62. The standard InChI is InChI=1S/C21H24N2O4S2/c1-13(2)22-21(24)20-12-15-11-16(6-9-19(15)28-20)23(4)29(25,26)17-7-8-18(27-5)14(3)10-17/h6-13H,1-5H3,(H,22,24). The van der Waals surface area contributed by atoms with Crippen LogP contribution in [-0.4, -0.2) is 34.5 Å². The number of benzene rings is 2. The molecule has 2 aromatic carbocycles. The second-order valence-electron chi connectivity index (χ2n) is 7.06. The first kappa shape index (κ1) is 21.1. The minimum absolute atomic E-state index is 0.0486. The fourth-order valence-electron chi connectivity index (χ4n) is 2.98. The molecule has 1 amide bonds. The van der Waals surface area contributed by atoms with E-state index < -0.39 is 10.0 Å². The van der Waals surface area contributed by atoms with Gasteiger partial charge in [0.1, 0.15) is 5.75 Å². The van der Waals surface area contributed by atoms with E-state index in [1.165, 1.54) is 28.8 Å². The lowest BCUT2D eigenvalue weighted by molar-refractivity contribution is 0.0947. The molecular weight excluding hydrogens is 408 g/mol. The van der Waals surface area contributed by atoms with Crippen LogP contribution in [0.25, 0.3) is 10.1 Å². The summed E-state index contributed by atoms with van der Waals surface area (Å²) in [6.07, 6.45) is 0. The number of fused-ring (bicyclic) bond motifs is 1. The van der Waals surface area contributed by atoms with E-state index in [4.69, 9.17) is 4.74 Å². The molecule has 0 bridgehead atoms. The molecule has 0 spiro atoms. The van der Waals surface area contributed by atoms with Crippen molar-refractivity contribution in [2.24, 2.45) is 0 Å². The number of hydrogen-bond donors (Lipinski definition) is 1. The molecule has 3 rings (SSSR count). The van der Waals surface area contributed by atoms with Gasteiger partial charge >= 0.3 is 0 Å². The molecule has 0 saturated heterocycles. The number of nitrogens with zero attached hydrogens (tertiary/aromatic N) is 1. The number of carbonyl (C=O) groups excluding carboxylic acids is 1. The van der Waals surface area contributed by atoms with Crippen LogP contribution in [0.2, 0.25) is 0 Å². The largest absolute Gasteiger partial charge is 0.496 e. The van der Waals surface area contributed by atoms with Crippen LogP contribution in [0.4, 0.5) is 5.69 Å². The zero-order valence-electron chi connectivity index (χ0n) is 17.0. The summed E-state index contributed by atoms with van der Waals surface area (Å²) in [5.74, 6) is 0.510. The number of sulfonamides is 1. The third-order valence-electron chi connectivity index (χ3n) is 4.53. The van der Waals surface area contributed by atoms with E-state index in [1.807, 2.05) is 19.9 Å². The van der Waals surface area contributed by atoms with Gasteiger partial charge in [-0.15, -0.1) is 11.3 Å².